The van der Waals surface area contributed by atoms with Gasteiger partial charge in [0.2, 0.25) is 0 Å². The Morgan fingerprint density at radius 2 is 2.32 bits per heavy atom. The fraction of sp³-hybridized carbons (Fsp3) is 0.231. The maximum absolute atomic E-state index is 12.4. The highest BCUT2D eigenvalue weighted by Crippen LogP contribution is 2.34. The lowest BCUT2D eigenvalue weighted by Crippen LogP contribution is -2.29. The molecule has 1 aromatic heterocycles. The molecule has 22 heavy (non-hydrogen) atoms. The van der Waals surface area contributed by atoms with Gasteiger partial charge < -0.3 is 5.11 Å². The Bertz CT molecular complexity index is 661. The molecule has 0 radical (unpaired) electrons. The molecule has 1 aromatic rings. The smallest absolute Gasteiger partial charge is 0.303 e. The average molecular weight is 469 g/mol. The molecule has 0 aromatic carbocycles. The second-order valence-corrected chi connectivity index (χ2v) is 7.52. The van der Waals surface area contributed by atoms with E-state index in [1.165, 1.54) is 16.7 Å². The number of carboxylic acids is 1. The molecule has 116 valence electrons. The van der Waals surface area contributed by atoms with E-state index >= 15 is 0 Å². The van der Waals surface area contributed by atoms with Gasteiger partial charge in [0.15, 0.2) is 0 Å². The van der Waals surface area contributed by atoms with Crippen molar-refractivity contribution in [1.29, 1.82) is 0 Å². The monoisotopic (exact) mass is 468 g/mol. The second kappa shape index (κ2) is 7.71. The van der Waals surface area contributed by atoms with Gasteiger partial charge in [-0.15, -0.1) is 0 Å². The molecule has 1 N–H and O–H groups in total. The predicted molar refractivity (Wildman–Crippen MR) is 98.7 cm³/mol. The highest BCUT2D eigenvalue weighted by Gasteiger charge is 2.32. The molecule has 0 atom stereocenters. The molecule has 0 unspecified atom stereocenters. The number of amides is 1. The summed E-state index contributed by atoms with van der Waals surface area (Å²) in [5.74, 6) is -1.12. The molecular formula is C13H10ClIN2O3S2. The Morgan fingerprint density at radius 3 is 2.95 bits per heavy atom. The van der Waals surface area contributed by atoms with Gasteiger partial charge in [0.05, 0.1) is 4.91 Å². The van der Waals surface area contributed by atoms with Crippen LogP contribution in [-0.4, -0.2) is 37.7 Å². The Balaban J connectivity index is 2.17. The van der Waals surface area contributed by atoms with Gasteiger partial charge in [0.1, 0.15) is 9.47 Å². The SMILES string of the molecule is O=C(O)CCCN1C(=O)/C(=C/c2c(I)ccnc2Cl)SC1=S. The second-order valence-electron chi connectivity index (χ2n) is 4.33. The lowest BCUT2D eigenvalue weighted by Gasteiger charge is -2.13. The number of carbonyl (C=O) groups excluding carboxylic acids is 1. The summed E-state index contributed by atoms with van der Waals surface area (Å²) >= 11 is 14.5. The lowest BCUT2D eigenvalue weighted by atomic mass is 10.2. The molecule has 2 rings (SSSR count). The van der Waals surface area contributed by atoms with Gasteiger partial charge in [-0.05, 0) is 41.2 Å². The van der Waals surface area contributed by atoms with Gasteiger partial charge in [0.25, 0.3) is 5.91 Å². The zero-order valence-electron chi connectivity index (χ0n) is 11.1. The van der Waals surface area contributed by atoms with Crippen molar-refractivity contribution in [2.75, 3.05) is 6.54 Å². The van der Waals surface area contributed by atoms with Crippen LogP contribution in [0.25, 0.3) is 6.08 Å². The van der Waals surface area contributed by atoms with Crippen LogP contribution in [-0.2, 0) is 9.59 Å². The van der Waals surface area contributed by atoms with Crippen LogP contribution in [0.4, 0.5) is 0 Å². The zero-order chi connectivity index (χ0) is 16.3. The summed E-state index contributed by atoms with van der Waals surface area (Å²) in [6.07, 6.45) is 3.63. The molecule has 1 saturated heterocycles. The Labute approximate surface area is 155 Å². The molecule has 9 heteroatoms. The molecular weight excluding hydrogens is 459 g/mol. The minimum atomic E-state index is -0.891. The van der Waals surface area contributed by atoms with Crippen LogP contribution < -0.4 is 0 Å². The van der Waals surface area contributed by atoms with E-state index in [4.69, 9.17) is 28.9 Å². The molecule has 1 amide bonds. The number of aliphatic carboxylic acids is 1. The molecule has 5 nitrogen and oxygen atoms in total. The van der Waals surface area contributed by atoms with Gasteiger partial charge in [-0.1, -0.05) is 35.6 Å². The number of hydrogen-bond acceptors (Lipinski definition) is 5. The first-order valence-electron chi connectivity index (χ1n) is 6.17. The minimum absolute atomic E-state index is 0.00242. The summed E-state index contributed by atoms with van der Waals surface area (Å²) in [7, 11) is 0. The molecule has 1 aliphatic rings. The van der Waals surface area contributed by atoms with E-state index in [1.807, 2.05) is 0 Å². The van der Waals surface area contributed by atoms with Gasteiger partial charge in [0, 0.05) is 28.3 Å². The number of nitrogens with zero attached hydrogens (tertiary/aromatic N) is 2. The van der Waals surface area contributed by atoms with E-state index in [2.05, 4.69) is 27.6 Å². The quantitative estimate of drug-likeness (QED) is 0.309. The number of aromatic nitrogens is 1. The van der Waals surface area contributed by atoms with Gasteiger partial charge in [-0.3, -0.25) is 14.5 Å². The third kappa shape index (κ3) is 4.18. The lowest BCUT2D eigenvalue weighted by molar-refractivity contribution is -0.137. The van der Waals surface area contributed by atoms with E-state index in [-0.39, 0.29) is 12.3 Å². The number of thioether (sulfide) groups is 1. The normalized spacial score (nSPS) is 16.6. The largest absolute Gasteiger partial charge is 0.481 e. The van der Waals surface area contributed by atoms with Gasteiger partial charge in [-0.25, -0.2) is 4.98 Å². The highest BCUT2D eigenvalue weighted by atomic mass is 127. The molecule has 0 spiro atoms. The fourth-order valence-corrected chi connectivity index (χ4v) is 4.00. The van der Waals surface area contributed by atoms with Crippen molar-refractivity contribution in [2.45, 2.75) is 12.8 Å². The van der Waals surface area contributed by atoms with Crippen molar-refractivity contribution >= 4 is 80.4 Å². The van der Waals surface area contributed by atoms with E-state index in [1.54, 1.807) is 18.3 Å². The van der Waals surface area contributed by atoms with E-state index in [0.29, 0.717) is 32.9 Å². The topological polar surface area (TPSA) is 70.5 Å². The van der Waals surface area contributed by atoms with Crippen molar-refractivity contribution in [3.05, 3.63) is 31.5 Å². The number of halogens is 2. The van der Waals surface area contributed by atoms with Gasteiger partial charge >= 0.3 is 5.97 Å². The number of hydrogen-bond donors (Lipinski definition) is 1. The highest BCUT2D eigenvalue weighted by molar-refractivity contribution is 14.1. The molecule has 2 heterocycles. The van der Waals surface area contributed by atoms with Crippen LogP contribution in [0.3, 0.4) is 0 Å². The van der Waals surface area contributed by atoms with Crippen molar-refractivity contribution in [1.82, 2.24) is 9.88 Å². The van der Waals surface area contributed by atoms with E-state index < -0.39 is 5.97 Å². The average Bonchev–Trinajstić information content (AvgIpc) is 2.70. The Morgan fingerprint density at radius 1 is 1.59 bits per heavy atom. The molecule has 1 aliphatic heterocycles. The zero-order valence-corrected chi connectivity index (χ0v) is 15.6. The number of carbonyl (C=O) groups is 2. The summed E-state index contributed by atoms with van der Waals surface area (Å²) in [6.45, 7) is 0.298. The van der Waals surface area contributed by atoms with Crippen LogP contribution in [0.5, 0.6) is 0 Å². The summed E-state index contributed by atoms with van der Waals surface area (Å²) < 4.78 is 1.31. The minimum Gasteiger partial charge on any atom is -0.481 e. The maximum atomic E-state index is 12.4. The van der Waals surface area contributed by atoms with Crippen LogP contribution in [0, 0.1) is 3.57 Å². The Kier molecular flexibility index (Phi) is 6.18. The van der Waals surface area contributed by atoms with Crippen LogP contribution in [0.15, 0.2) is 17.2 Å². The number of pyridine rings is 1. The van der Waals surface area contributed by atoms with Crippen LogP contribution in [0.2, 0.25) is 5.15 Å². The third-order valence-corrected chi connectivity index (χ3v) is 5.43. The number of thiocarbonyl (C=S) groups is 1. The predicted octanol–water partition coefficient (Wildman–Crippen LogP) is 3.41. The summed E-state index contributed by atoms with van der Waals surface area (Å²) in [4.78, 5) is 28.8. The van der Waals surface area contributed by atoms with Crippen molar-refractivity contribution in [2.24, 2.45) is 0 Å². The van der Waals surface area contributed by atoms with Gasteiger partial charge in [-0.2, -0.15) is 0 Å². The molecule has 0 aliphatic carbocycles. The first kappa shape index (κ1) is 17.6. The maximum Gasteiger partial charge on any atom is 0.303 e. The van der Waals surface area contributed by atoms with E-state index in [9.17, 15) is 9.59 Å². The first-order valence-corrected chi connectivity index (χ1v) is 8.85. The summed E-state index contributed by atoms with van der Waals surface area (Å²) in [6, 6.07) is 1.80. The van der Waals surface area contributed by atoms with Crippen LogP contribution >= 0.6 is 58.2 Å². The molecule has 1 fully saturated rings. The summed E-state index contributed by atoms with van der Waals surface area (Å²) in [5.41, 5.74) is 0.677. The number of rotatable bonds is 5. The number of carboxylic acid groups (broad SMARTS) is 1. The molecule has 0 saturated carbocycles. The standard InChI is InChI=1S/C13H10ClIN2O3S2/c14-11-7(8(15)3-4-16-11)6-9-12(20)17(13(21)22-9)5-1-2-10(18)19/h3-4,6H,1-2,5H2,(H,18,19)/b9-6-. The first-order chi connectivity index (χ1) is 10.4. The summed E-state index contributed by atoms with van der Waals surface area (Å²) in [5, 5.41) is 8.97. The van der Waals surface area contributed by atoms with Crippen molar-refractivity contribution in [3.63, 3.8) is 0 Å². The fourth-order valence-electron chi connectivity index (χ4n) is 1.77. The van der Waals surface area contributed by atoms with Crippen LogP contribution in [0.1, 0.15) is 18.4 Å². The molecule has 0 bridgehead atoms. The van der Waals surface area contributed by atoms with Crippen molar-refractivity contribution < 1.29 is 14.7 Å². The van der Waals surface area contributed by atoms with E-state index in [0.717, 1.165) is 3.57 Å². The Hall–Kier alpha value is -0.710. The van der Waals surface area contributed by atoms with Crippen molar-refractivity contribution in [3.8, 4) is 0 Å². The third-order valence-electron chi connectivity index (χ3n) is 2.81.